The largest absolute Gasteiger partial charge is 0.465 e. The Morgan fingerprint density at radius 2 is 1.93 bits per heavy atom. The first-order valence-corrected chi connectivity index (χ1v) is 4.31. The molecule has 6 nitrogen and oxygen atoms in total. The summed E-state index contributed by atoms with van der Waals surface area (Å²) in [6.45, 7) is 0. The van der Waals surface area contributed by atoms with E-state index < -0.39 is 16.7 Å². The predicted molar refractivity (Wildman–Crippen MR) is 54.8 cm³/mol. The molecule has 0 heterocycles. The molecule has 0 aliphatic carbocycles. The van der Waals surface area contributed by atoms with Crippen LogP contribution < -0.4 is 5.32 Å². The van der Waals surface area contributed by atoms with Crippen molar-refractivity contribution in [2.75, 3.05) is 5.32 Å². The molecule has 1 aromatic carbocycles. The molecule has 0 spiro atoms. The number of nitro benzene ring substituents is 1. The maximum atomic E-state index is 10.5. The van der Waals surface area contributed by atoms with Gasteiger partial charge in [-0.2, -0.15) is 0 Å². The van der Waals surface area contributed by atoms with E-state index >= 15 is 0 Å². The summed E-state index contributed by atoms with van der Waals surface area (Å²) in [5, 5.41) is 20.8. The molecule has 0 saturated heterocycles. The van der Waals surface area contributed by atoms with E-state index in [9.17, 15) is 14.9 Å². The van der Waals surface area contributed by atoms with E-state index in [1.54, 1.807) is 0 Å². The highest BCUT2D eigenvalue weighted by Gasteiger charge is 2.18. The molecule has 1 aromatic rings. The summed E-state index contributed by atoms with van der Waals surface area (Å²) in [4.78, 5) is 20.1. The lowest BCUT2D eigenvalue weighted by Crippen LogP contribution is -2.09. The zero-order valence-corrected chi connectivity index (χ0v) is 8.54. The van der Waals surface area contributed by atoms with Crippen LogP contribution in [0.15, 0.2) is 12.1 Å². The molecule has 0 fully saturated rings. The van der Waals surface area contributed by atoms with Crippen LogP contribution in [0.25, 0.3) is 0 Å². The van der Waals surface area contributed by atoms with Crippen molar-refractivity contribution in [3.05, 3.63) is 32.3 Å². The Morgan fingerprint density at radius 1 is 1.40 bits per heavy atom. The van der Waals surface area contributed by atoms with Crippen molar-refractivity contribution in [3.63, 3.8) is 0 Å². The number of nitrogens with zero attached hydrogens (tertiary/aromatic N) is 1. The summed E-state index contributed by atoms with van der Waals surface area (Å²) in [7, 11) is 0. The molecule has 0 aliphatic heterocycles. The minimum atomic E-state index is -1.42. The van der Waals surface area contributed by atoms with Gasteiger partial charge in [-0.1, -0.05) is 23.2 Å². The van der Waals surface area contributed by atoms with Gasteiger partial charge in [-0.15, -0.1) is 0 Å². The zero-order chi connectivity index (χ0) is 11.6. The fraction of sp³-hybridized carbons (Fsp3) is 0. The molecule has 8 heteroatoms. The molecular weight excluding hydrogens is 247 g/mol. The molecule has 1 amide bonds. The first-order chi connectivity index (χ1) is 6.91. The fourth-order valence-electron chi connectivity index (χ4n) is 0.903. The lowest BCUT2D eigenvalue weighted by Gasteiger charge is -2.03. The number of rotatable bonds is 2. The minimum absolute atomic E-state index is 0.0145. The van der Waals surface area contributed by atoms with Crippen molar-refractivity contribution in [3.8, 4) is 0 Å². The number of hydrogen-bond donors (Lipinski definition) is 2. The van der Waals surface area contributed by atoms with Crippen molar-refractivity contribution in [1.82, 2.24) is 0 Å². The van der Waals surface area contributed by atoms with E-state index in [2.05, 4.69) is 0 Å². The van der Waals surface area contributed by atoms with Crippen molar-refractivity contribution in [1.29, 1.82) is 0 Å². The van der Waals surface area contributed by atoms with Crippen molar-refractivity contribution in [2.24, 2.45) is 0 Å². The smallest absolute Gasteiger partial charge is 0.409 e. The third-order valence-electron chi connectivity index (χ3n) is 1.48. The van der Waals surface area contributed by atoms with E-state index in [1.807, 2.05) is 5.32 Å². The first-order valence-electron chi connectivity index (χ1n) is 3.55. The minimum Gasteiger partial charge on any atom is -0.465 e. The third kappa shape index (κ3) is 2.71. The summed E-state index contributed by atoms with van der Waals surface area (Å²) in [5.41, 5.74) is -0.672. The average Bonchev–Trinajstić information content (AvgIpc) is 2.09. The fourth-order valence-corrected chi connectivity index (χ4v) is 1.22. The monoisotopic (exact) mass is 250 g/mol. The Hall–Kier alpha value is -1.53. The number of benzene rings is 1. The molecule has 0 aromatic heterocycles. The van der Waals surface area contributed by atoms with Crippen LogP contribution in [0.1, 0.15) is 0 Å². The SMILES string of the molecule is O=C(O)Nc1cc(Cl)c(Cl)cc1[N+](=O)[O-]. The molecule has 0 atom stereocenters. The number of carbonyl (C=O) groups is 1. The van der Waals surface area contributed by atoms with Crippen molar-refractivity contribution < 1.29 is 14.8 Å². The normalized spacial score (nSPS) is 9.73. The second kappa shape index (κ2) is 4.33. The summed E-state index contributed by atoms with van der Waals surface area (Å²) in [5.74, 6) is 0. The first kappa shape index (κ1) is 11.5. The number of anilines is 1. The topological polar surface area (TPSA) is 92.5 Å². The third-order valence-corrected chi connectivity index (χ3v) is 2.20. The molecule has 0 aliphatic rings. The highest BCUT2D eigenvalue weighted by atomic mass is 35.5. The molecule has 2 N–H and O–H groups in total. The van der Waals surface area contributed by atoms with Gasteiger partial charge in [-0.3, -0.25) is 15.4 Å². The van der Waals surface area contributed by atoms with Crippen LogP contribution in [0.5, 0.6) is 0 Å². The van der Waals surface area contributed by atoms with Crippen LogP contribution in [-0.4, -0.2) is 16.1 Å². The number of amides is 1. The van der Waals surface area contributed by atoms with Gasteiger partial charge in [-0.05, 0) is 6.07 Å². The molecular formula is C7H4Cl2N2O4. The Labute approximate surface area is 93.6 Å². The average molecular weight is 251 g/mol. The molecule has 15 heavy (non-hydrogen) atoms. The van der Waals surface area contributed by atoms with Crippen LogP contribution in [-0.2, 0) is 0 Å². The summed E-state index contributed by atoms with van der Waals surface area (Å²) >= 11 is 11.1. The molecule has 1 rings (SSSR count). The molecule has 0 bridgehead atoms. The lowest BCUT2D eigenvalue weighted by atomic mass is 10.2. The number of nitrogens with one attached hydrogen (secondary N) is 1. The van der Waals surface area contributed by atoms with E-state index in [0.29, 0.717) is 0 Å². The van der Waals surface area contributed by atoms with Crippen LogP contribution in [0, 0.1) is 10.1 Å². The Kier molecular flexibility index (Phi) is 3.33. The molecule has 0 unspecified atom stereocenters. The summed E-state index contributed by atoms with van der Waals surface area (Å²) in [6, 6.07) is 2.06. The van der Waals surface area contributed by atoms with Gasteiger partial charge in [0.1, 0.15) is 5.69 Å². The maximum Gasteiger partial charge on any atom is 0.409 e. The highest BCUT2D eigenvalue weighted by molar-refractivity contribution is 6.42. The van der Waals surface area contributed by atoms with Crippen molar-refractivity contribution in [2.45, 2.75) is 0 Å². The van der Waals surface area contributed by atoms with Gasteiger partial charge in [0.05, 0.1) is 15.0 Å². The zero-order valence-electron chi connectivity index (χ0n) is 7.03. The quantitative estimate of drug-likeness (QED) is 0.624. The molecule has 0 saturated carbocycles. The summed E-state index contributed by atoms with van der Waals surface area (Å²) in [6.07, 6.45) is -1.42. The van der Waals surface area contributed by atoms with Crippen LogP contribution in [0.2, 0.25) is 10.0 Å². The van der Waals surface area contributed by atoms with Gasteiger partial charge in [0.15, 0.2) is 0 Å². The van der Waals surface area contributed by atoms with E-state index in [-0.39, 0.29) is 15.7 Å². The van der Waals surface area contributed by atoms with Gasteiger partial charge >= 0.3 is 6.09 Å². The summed E-state index contributed by atoms with van der Waals surface area (Å²) < 4.78 is 0. The van der Waals surface area contributed by atoms with Gasteiger partial charge in [-0.25, -0.2) is 4.79 Å². The predicted octanol–water partition coefficient (Wildman–Crippen LogP) is 2.99. The number of halogens is 2. The Bertz CT molecular complexity index is 435. The van der Waals surface area contributed by atoms with Gasteiger partial charge in [0, 0.05) is 6.07 Å². The standard InChI is InChI=1S/C7H4Cl2N2O4/c8-3-1-5(10-7(12)13)6(11(14)15)2-4(3)9/h1-2,10H,(H,12,13). The maximum absolute atomic E-state index is 10.5. The Balaban J connectivity index is 3.28. The van der Waals surface area contributed by atoms with Gasteiger partial charge in [0.25, 0.3) is 5.69 Å². The lowest BCUT2D eigenvalue weighted by molar-refractivity contribution is -0.383. The van der Waals surface area contributed by atoms with Crippen molar-refractivity contribution >= 4 is 40.7 Å². The van der Waals surface area contributed by atoms with Crippen LogP contribution in [0.4, 0.5) is 16.2 Å². The van der Waals surface area contributed by atoms with E-state index in [0.717, 1.165) is 12.1 Å². The second-order valence-electron chi connectivity index (χ2n) is 2.47. The van der Waals surface area contributed by atoms with Crippen LogP contribution >= 0.6 is 23.2 Å². The van der Waals surface area contributed by atoms with Gasteiger partial charge < -0.3 is 5.11 Å². The number of carboxylic acid groups (broad SMARTS) is 1. The Morgan fingerprint density at radius 3 is 2.40 bits per heavy atom. The second-order valence-corrected chi connectivity index (χ2v) is 3.29. The van der Waals surface area contributed by atoms with Crippen LogP contribution in [0.3, 0.4) is 0 Å². The molecule has 0 radical (unpaired) electrons. The number of nitro groups is 1. The van der Waals surface area contributed by atoms with E-state index in [4.69, 9.17) is 28.3 Å². The highest BCUT2D eigenvalue weighted by Crippen LogP contribution is 2.33. The van der Waals surface area contributed by atoms with E-state index in [1.165, 1.54) is 0 Å². The molecule has 80 valence electrons. The number of hydrogen-bond acceptors (Lipinski definition) is 3. The van der Waals surface area contributed by atoms with Gasteiger partial charge in [0.2, 0.25) is 0 Å².